The Morgan fingerprint density at radius 1 is 1.13 bits per heavy atom. The lowest BCUT2D eigenvalue weighted by Gasteiger charge is -2.11. The zero-order valence-corrected chi connectivity index (χ0v) is 17.8. The number of nitrogens with one attached hydrogen (secondary N) is 1. The molecule has 1 heterocycles. The van der Waals surface area contributed by atoms with Gasteiger partial charge in [-0.3, -0.25) is 24.1 Å². The van der Waals surface area contributed by atoms with Gasteiger partial charge in [-0.25, -0.2) is 0 Å². The van der Waals surface area contributed by atoms with E-state index in [0.717, 1.165) is 16.0 Å². The summed E-state index contributed by atoms with van der Waals surface area (Å²) in [6, 6.07) is 12.4. The Hall–Kier alpha value is -3.59. The van der Waals surface area contributed by atoms with Crippen LogP contribution in [0.3, 0.4) is 0 Å². The van der Waals surface area contributed by atoms with Gasteiger partial charge in [0.2, 0.25) is 5.91 Å². The molecular weight excluding hydrogens is 418 g/mol. The summed E-state index contributed by atoms with van der Waals surface area (Å²) in [5, 5.41) is 2.21. The fourth-order valence-corrected chi connectivity index (χ4v) is 3.65. The van der Waals surface area contributed by atoms with Crippen LogP contribution in [0, 0.1) is 13.8 Å². The SMILES string of the molecule is Cc1ccc(NC(=O)COc2ccccc2/C=C2\SC(=O)N(CC(N)=O)C2=O)cc1C. The molecule has 2 aromatic rings. The largest absolute Gasteiger partial charge is 0.483 e. The van der Waals surface area contributed by atoms with Crippen LogP contribution in [-0.4, -0.2) is 41.0 Å². The number of amides is 4. The highest BCUT2D eigenvalue weighted by Crippen LogP contribution is 2.33. The second-order valence-corrected chi connectivity index (χ2v) is 7.90. The third-order valence-corrected chi connectivity index (χ3v) is 5.45. The molecule has 0 aromatic heterocycles. The summed E-state index contributed by atoms with van der Waals surface area (Å²) in [6.07, 6.45) is 1.49. The number of rotatable bonds is 7. The van der Waals surface area contributed by atoms with Gasteiger partial charge in [-0.1, -0.05) is 24.3 Å². The smallest absolute Gasteiger partial charge is 0.294 e. The summed E-state index contributed by atoms with van der Waals surface area (Å²) >= 11 is 0.712. The molecule has 9 heteroatoms. The zero-order chi connectivity index (χ0) is 22.5. The third-order valence-electron chi connectivity index (χ3n) is 4.54. The van der Waals surface area contributed by atoms with Crippen molar-refractivity contribution in [3.05, 3.63) is 64.1 Å². The van der Waals surface area contributed by atoms with Crippen molar-refractivity contribution in [3.8, 4) is 5.75 Å². The molecule has 1 aliphatic rings. The van der Waals surface area contributed by atoms with Gasteiger partial charge in [0.15, 0.2) is 6.61 Å². The number of anilines is 1. The van der Waals surface area contributed by atoms with E-state index in [1.165, 1.54) is 6.08 Å². The first kappa shape index (κ1) is 22.1. The number of nitrogens with two attached hydrogens (primary N) is 1. The van der Waals surface area contributed by atoms with E-state index >= 15 is 0 Å². The van der Waals surface area contributed by atoms with E-state index < -0.39 is 23.6 Å². The van der Waals surface area contributed by atoms with Gasteiger partial charge < -0.3 is 15.8 Å². The Morgan fingerprint density at radius 2 is 1.87 bits per heavy atom. The maximum Gasteiger partial charge on any atom is 0.294 e. The number of carbonyl (C=O) groups excluding carboxylic acids is 4. The van der Waals surface area contributed by atoms with Crippen LogP contribution in [0.2, 0.25) is 0 Å². The molecule has 8 nitrogen and oxygen atoms in total. The van der Waals surface area contributed by atoms with Crippen molar-refractivity contribution in [2.24, 2.45) is 5.73 Å². The first-order valence-electron chi connectivity index (χ1n) is 9.37. The van der Waals surface area contributed by atoms with Crippen molar-refractivity contribution >= 4 is 46.5 Å². The second-order valence-electron chi connectivity index (χ2n) is 6.91. The summed E-state index contributed by atoms with van der Waals surface area (Å²) in [5.74, 6) is -1.34. The van der Waals surface area contributed by atoms with Gasteiger partial charge in [0.25, 0.3) is 17.1 Å². The van der Waals surface area contributed by atoms with Crippen LogP contribution in [-0.2, 0) is 14.4 Å². The number of carbonyl (C=O) groups is 4. The first-order valence-corrected chi connectivity index (χ1v) is 10.2. The Morgan fingerprint density at radius 3 is 2.58 bits per heavy atom. The average molecular weight is 439 g/mol. The molecule has 0 atom stereocenters. The Labute approximate surface area is 183 Å². The van der Waals surface area contributed by atoms with Crippen molar-refractivity contribution < 1.29 is 23.9 Å². The molecule has 3 rings (SSSR count). The van der Waals surface area contributed by atoms with Gasteiger partial charge in [-0.2, -0.15) is 0 Å². The van der Waals surface area contributed by atoms with Crippen molar-refractivity contribution in [2.75, 3.05) is 18.5 Å². The fourth-order valence-electron chi connectivity index (χ4n) is 2.82. The number of thioether (sulfide) groups is 1. The molecular formula is C22H21N3O5S. The normalized spacial score (nSPS) is 14.8. The number of imide groups is 1. The van der Waals surface area contributed by atoms with Gasteiger partial charge in [0.05, 0.1) is 4.91 Å². The summed E-state index contributed by atoms with van der Waals surface area (Å²) in [5.41, 5.74) is 8.47. The number of para-hydroxylation sites is 1. The summed E-state index contributed by atoms with van der Waals surface area (Å²) < 4.78 is 5.64. The van der Waals surface area contributed by atoms with E-state index in [0.29, 0.717) is 28.8 Å². The maximum atomic E-state index is 12.4. The minimum Gasteiger partial charge on any atom is -0.483 e. The van der Waals surface area contributed by atoms with Crippen LogP contribution in [0.15, 0.2) is 47.4 Å². The van der Waals surface area contributed by atoms with Crippen LogP contribution in [0.25, 0.3) is 6.08 Å². The highest BCUT2D eigenvalue weighted by atomic mass is 32.2. The van der Waals surface area contributed by atoms with E-state index in [1.807, 2.05) is 32.0 Å². The summed E-state index contributed by atoms with van der Waals surface area (Å²) in [6.45, 7) is 3.24. The lowest BCUT2D eigenvalue weighted by Crippen LogP contribution is -2.36. The van der Waals surface area contributed by atoms with Gasteiger partial charge >= 0.3 is 0 Å². The molecule has 0 radical (unpaired) electrons. The first-order chi connectivity index (χ1) is 14.7. The minimum atomic E-state index is -0.776. The molecule has 0 unspecified atom stereocenters. The average Bonchev–Trinajstić information content (AvgIpc) is 2.97. The Balaban J connectivity index is 1.69. The number of primary amides is 1. The van der Waals surface area contributed by atoms with Crippen LogP contribution >= 0.6 is 11.8 Å². The van der Waals surface area contributed by atoms with Gasteiger partial charge in [-0.05, 0) is 61.0 Å². The summed E-state index contributed by atoms with van der Waals surface area (Å²) in [4.78, 5) is 48.6. The number of benzene rings is 2. The van der Waals surface area contributed by atoms with Crippen molar-refractivity contribution in [3.63, 3.8) is 0 Å². The molecule has 3 N–H and O–H groups in total. The predicted octanol–water partition coefficient (Wildman–Crippen LogP) is 2.84. The van der Waals surface area contributed by atoms with Crippen LogP contribution in [0.5, 0.6) is 5.75 Å². The van der Waals surface area contributed by atoms with E-state index in [2.05, 4.69) is 5.32 Å². The second kappa shape index (κ2) is 9.48. The van der Waals surface area contributed by atoms with Gasteiger partial charge in [0.1, 0.15) is 12.3 Å². The molecule has 0 saturated carbocycles. The van der Waals surface area contributed by atoms with Gasteiger partial charge in [0, 0.05) is 11.3 Å². The summed E-state index contributed by atoms with van der Waals surface area (Å²) in [7, 11) is 0. The molecule has 0 aliphatic carbocycles. The standard InChI is InChI=1S/C22H21N3O5S/c1-13-7-8-16(9-14(13)2)24-20(27)12-30-17-6-4-3-5-15(17)10-18-21(28)25(11-19(23)26)22(29)31-18/h3-10H,11-12H2,1-2H3,(H2,23,26)(H,24,27)/b18-10-. The number of nitrogens with zero attached hydrogens (tertiary/aromatic N) is 1. The molecule has 160 valence electrons. The number of aryl methyl sites for hydroxylation is 2. The molecule has 31 heavy (non-hydrogen) atoms. The van der Waals surface area contributed by atoms with Crippen LogP contribution in [0.1, 0.15) is 16.7 Å². The quantitative estimate of drug-likeness (QED) is 0.641. The predicted molar refractivity (Wildman–Crippen MR) is 118 cm³/mol. The lowest BCUT2D eigenvalue weighted by molar-refractivity contribution is -0.127. The minimum absolute atomic E-state index is 0.141. The van der Waals surface area contributed by atoms with Crippen molar-refractivity contribution in [1.29, 1.82) is 0 Å². The third kappa shape index (κ3) is 5.52. The van der Waals surface area contributed by atoms with Gasteiger partial charge in [-0.15, -0.1) is 0 Å². The fraction of sp³-hybridized carbons (Fsp3) is 0.182. The highest BCUT2D eigenvalue weighted by molar-refractivity contribution is 8.18. The molecule has 1 fully saturated rings. The lowest BCUT2D eigenvalue weighted by atomic mass is 10.1. The number of ether oxygens (including phenoxy) is 1. The molecule has 4 amide bonds. The molecule has 1 saturated heterocycles. The highest BCUT2D eigenvalue weighted by Gasteiger charge is 2.36. The Bertz CT molecular complexity index is 1100. The van der Waals surface area contributed by atoms with Crippen LogP contribution < -0.4 is 15.8 Å². The molecule has 0 spiro atoms. The van der Waals surface area contributed by atoms with E-state index in [9.17, 15) is 19.2 Å². The maximum absolute atomic E-state index is 12.4. The number of hydrogen-bond donors (Lipinski definition) is 2. The van der Waals surface area contributed by atoms with E-state index in [-0.39, 0.29) is 17.4 Å². The van der Waals surface area contributed by atoms with E-state index in [1.54, 1.807) is 24.3 Å². The Kier molecular flexibility index (Phi) is 6.76. The monoisotopic (exact) mass is 439 g/mol. The number of hydrogen-bond acceptors (Lipinski definition) is 6. The van der Waals surface area contributed by atoms with Crippen molar-refractivity contribution in [1.82, 2.24) is 4.90 Å². The zero-order valence-electron chi connectivity index (χ0n) is 17.0. The molecule has 1 aliphatic heterocycles. The van der Waals surface area contributed by atoms with Crippen molar-refractivity contribution in [2.45, 2.75) is 13.8 Å². The molecule has 2 aromatic carbocycles. The van der Waals surface area contributed by atoms with E-state index in [4.69, 9.17) is 10.5 Å². The van der Waals surface area contributed by atoms with Crippen LogP contribution in [0.4, 0.5) is 10.5 Å². The topological polar surface area (TPSA) is 119 Å². The molecule has 0 bridgehead atoms.